The molecular weight excluding hydrogens is 454 g/mol. The first kappa shape index (κ1) is 22.9. The van der Waals surface area contributed by atoms with Crippen molar-refractivity contribution in [2.75, 3.05) is 17.2 Å². The molecule has 1 aromatic heterocycles. The number of carbonyl (C=O) groups is 3. The number of aromatic carboxylic acids is 1. The van der Waals surface area contributed by atoms with E-state index in [1.807, 2.05) is 36.4 Å². The van der Waals surface area contributed by atoms with E-state index in [0.29, 0.717) is 34.9 Å². The molecule has 3 aromatic carbocycles. The average molecular weight is 476 g/mol. The molecule has 172 valence electrons. The van der Waals surface area contributed by atoms with Crippen LogP contribution in [0.2, 0.25) is 0 Å². The topological polar surface area (TPSA) is 118 Å². The normalized spacial score (nSPS) is 10.6. The molecule has 0 unspecified atom stereocenters. The minimum absolute atomic E-state index is 0.0743. The molecule has 0 saturated carbocycles. The molecule has 9 heteroatoms. The molecule has 0 aliphatic heterocycles. The van der Waals surface area contributed by atoms with Crippen LogP contribution in [0.4, 0.5) is 10.8 Å². The summed E-state index contributed by atoms with van der Waals surface area (Å²) in [6.45, 7) is -0.245. The second-order valence-corrected chi connectivity index (χ2v) is 8.43. The number of nitrogens with zero attached hydrogens (tertiary/aromatic N) is 1. The van der Waals surface area contributed by atoms with Gasteiger partial charge >= 0.3 is 5.97 Å². The van der Waals surface area contributed by atoms with Crippen LogP contribution in [0, 0.1) is 0 Å². The number of carboxylic acids is 1. The van der Waals surface area contributed by atoms with E-state index in [1.54, 1.807) is 12.1 Å². The van der Waals surface area contributed by atoms with E-state index in [4.69, 9.17) is 9.84 Å². The number of anilines is 2. The molecule has 1 heterocycles. The van der Waals surface area contributed by atoms with Crippen molar-refractivity contribution in [3.8, 4) is 5.75 Å². The first-order valence-corrected chi connectivity index (χ1v) is 11.3. The first-order chi connectivity index (χ1) is 16.5. The van der Waals surface area contributed by atoms with Gasteiger partial charge in [-0.1, -0.05) is 41.7 Å². The summed E-state index contributed by atoms with van der Waals surface area (Å²) in [5, 5.41) is 14.9. The molecule has 0 aliphatic carbocycles. The number of benzene rings is 3. The van der Waals surface area contributed by atoms with Crippen molar-refractivity contribution >= 4 is 50.2 Å². The summed E-state index contributed by atoms with van der Waals surface area (Å²) in [5.74, 6) is -1.11. The van der Waals surface area contributed by atoms with Crippen LogP contribution in [0.3, 0.4) is 0 Å². The fourth-order valence-electron chi connectivity index (χ4n) is 3.18. The summed E-state index contributed by atoms with van der Waals surface area (Å²) in [5.41, 5.74) is 2.61. The second-order valence-electron chi connectivity index (χ2n) is 7.40. The van der Waals surface area contributed by atoms with E-state index < -0.39 is 11.9 Å². The van der Waals surface area contributed by atoms with Gasteiger partial charge in [-0.2, -0.15) is 0 Å². The molecular formula is C25H21N3O5S. The van der Waals surface area contributed by atoms with E-state index in [0.717, 1.165) is 10.3 Å². The number of carbonyl (C=O) groups excluding carboxylic acids is 2. The molecule has 0 radical (unpaired) electrons. The maximum absolute atomic E-state index is 12.3. The quantitative estimate of drug-likeness (QED) is 0.326. The van der Waals surface area contributed by atoms with Gasteiger partial charge in [0.05, 0.1) is 15.8 Å². The Labute approximate surface area is 199 Å². The van der Waals surface area contributed by atoms with Gasteiger partial charge in [-0.25, -0.2) is 9.78 Å². The van der Waals surface area contributed by atoms with Gasteiger partial charge < -0.3 is 15.2 Å². The van der Waals surface area contributed by atoms with Crippen LogP contribution in [0.25, 0.3) is 10.2 Å². The Hall–Kier alpha value is -4.24. The smallest absolute Gasteiger partial charge is 0.335 e. The Morgan fingerprint density at radius 2 is 1.68 bits per heavy atom. The number of thiazole rings is 1. The lowest BCUT2D eigenvalue weighted by Crippen LogP contribution is -2.20. The van der Waals surface area contributed by atoms with Crippen molar-refractivity contribution in [1.82, 2.24) is 4.98 Å². The highest BCUT2D eigenvalue weighted by Gasteiger charge is 2.11. The van der Waals surface area contributed by atoms with Crippen molar-refractivity contribution in [3.05, 3.63) is 83.9 Å². The van der Waals surface area contributed by atoms with Gasteiger partial charge in [0.1, 0.15) is 5.75 Å². The van der Waals surface area contributed by atoms with Crippen molar-refractivity contribution in [1.29, 1.82) is 0 Å². The van der Waals surface area contributed by atoms with Crippen molar-refractivity contribution < 1.29 is 24.2 Å². The molecule has 0 spiro atoms. The predicted octanol–water partition coefficient (Wildman–Crippen LogP) is 4.58. The number of ether oxygens (including phenoxy) is 1. The van der Waals surface area contributed by atoms with Crippen LogP contribution in [0.5, 0.6) is 5.75 Å². The Balaban J connectivity index is 1.30. The van der Waals surface area contributed by atoms with Crippen LogP contribution in [0.1, 0.15) is 22.3 Å². The number of rotatable bonds is 9. The largest absolute Gasteiger partial charge is 0.484 e. The molecule has 0 bridgehead atoms. The molecule has 4 aromatic rings. The number of aromatic nitrogens is 1. The fraction of sp³-hybridized carbons (Fsp3) is 0.120. The van der Waals surface area contributed by atoms with Gasteiger partial charge in [-0.15, -0.1) is 0 Å². The molecule has 3 N–H and O–H groups in total. The van der Waals surface area contributed by atoms with Crippen molar-refractivity contribution in [2.45, 2.75) is 12.8 Å². The summed E-state index contributed by atoms with van der Waals surface area (Å²) < 4.78 is 6.21. The number of amides is 2. The Kier molecular flexibility index (Phi) is 7.14. The SMILES string of the molecule is O=C(CCc1ccccc1)Nc1ccc2nc(NC(=O)COc3ccc(C(=O)O)cc3)sc2c1. The van der Waals surface area contributed by atoms with E-state index >= 15 is 0 Å². The Bertz CT molecular complexity index is 1320. The minimum Gasteiger partial charge on any atom is -0.484 e. The van der Waals surface area contributed by atoms with Crippen molar-refractivity contribution in [3.63, 3.8) is 0 Å². The molecule has 4 rings (SSSR count). The molecule has 8 nitrogen and oxygen atoms in total. The minimum atomic E-state index is -1.03. The molecule has 0 atom stereocenters. The summed E-state index contributed by atoms with van der Waals surface area (Å²) in [6, 6.07) is 21.0. The molecule has 0 fully saturated rings. The fourth-order valence-corrected chi connectivity index (χ4v) is 4.10. The van der Waals surface area contributed by atoms with Gasteiger partial charge in [0, 0.05) is 12.1 Å². The van der Waals surface area contributed by atoms with Crippen LogP contribution >= 0.6 is 11.3 Å². The number of carboxylic acid groups (broad SMARTS) is 1. The van der Waals surface area contributed by atoms with Crippen molar-refractivity contribution in [2.24, 2.45) is 0 Å². The highest BCUT2D eigenvalue weighted by molar-refractivity contribution is 7.22. The maximum Gasteiger partial charge on any atom is 0.335 e. The molecule has 0 saturated heterocycles. The third-order valence-corrected chi connectivity index (χ3v) is 5.81. The zero-order valence-corrected chi connectivity index (χ0v) is 18.8. The van der Waals surface area contributed by atoms with Crippen LogP contribution in [-0.2, 0) is 16.0 Å². The van der Waals surface area contributed by atoms with Gasteiger partial charge in [0.15, 0.2) is 11.7 Å². The number of hydrogen-bond donors (Lipinski definition) is 3. The van der Waals surface area contributed by atoms with Gasteiger partial charge in [0.2, 0.25) is 5.91 Å². The van der Waals surface area contributed by atoms with E-state index in [-0.39, 0.29) is 18.1 Å². The van der Waals surface area contributed by atoms with Gasteiger partial charge in [-0.05, 0) is 54.4 Å². The average Bonchev–Trinajstić information content (AvgIpc) is 3.23. The van der Waals surface area contributed by atoms with E-state index in [2.05, 4.69) is 15.6 Å². The highest BCUT2D eigenvalue weighted by atomic mass is 32.1. The Morgan fingerprint density at radius 3 is 2.41 bits per heavy atom. The third kappa shape index (κ3) is 6.17. The molecule has 2 amide bonds. The maximum atomic E-state index is 12.3. The first-order valence-electron chi connectivity index (χ1n) is 10.5. The number of fused-ring (bicyclic) bond motifs is 1. The number of nitrogens with one attached hydrogen (secondary N) is 2. The van der Waals surface area contributed by atoms with E-state index in [1.165, 1.54) is 35.6 Å². The lowest BCUT2D eigenvalue weighted by Gasteiger charge is -2.05. The number of aryl methyl sites for hydroxylation is 1. The van der Waals surface area contributed by atoms with Gasteiger partial charge in [-0.3, -0.25) is 14.9 Å². The zero-order chi connectivity index (χ0) is 23.9. The number of hydrogen-bond acceptors (Lipinski definition) is 6. The standard InChI is InChI=1S/C25H21N3O5S/c29-22(13-6-16-4-2-1-3-5-16)26-18-9-12-20-21(14-18)34-25(27-20)28-23(30)15-33-19-10-7-17(8-11-19)24(31)32/h1-5,7-12,14H,6,13,15H2,(H,26,29)(H,31,32)(H,27,28,30). The summed E-state index contributed by atoms with van der Waals surface area (Å²) >= 11 is 1.29. The molecule has 34 heavy (non-hydrogen) atoms. The summed E-state index contributed by atoms with van der Waals surface area (Å²) in [4.78, 5) is 39.8. The lowest BCUT2D eigenvalue weighted by atomic mass is 10.1. The third-order valence-electron chi connectivity index (χ3n) is 4.87. The highest BCUT2D eigenvalue weighted by Crippen LogP contribution is 2.28. The van der Waals surface area contributed by atoms with E-state index in [9.17, 15) is 14.4 Å². The molecule has 0 aliphatic rings. The predicted molar refractivity (Wildman–Crippen MR) is 131 cm³/mol. The van der Waals surface area contributed by atoms with Gasteiger partial charge in [0.25, 0.3) is 5.91 Å². The van der Waals surface area contributed by atoms with Crippen LogP contribution < -0.4 is 15.4 Å². The van der Waals surface area contributed by atoms with Crippen LogP contribution in [-0.4, -0.2) is 34.5 Å². The summed E-state index contributed by atoms with van der Waals surface area (Å²) in [6.07, 6.45) is 1.04. The zero-order valence-electron chi connectivity index (χ0n) is 18.0. The second kappa shape index (κ2) is 10.6. The van der Waals surface area contributed by atoms with Crippen LogP contribution in [0.15, 0.2) is 72.8 Å². The lowest BCUT2D eigenvalue weighted by molar-refractivity contribution is -0.118. The Morgan fingerprint density at radius 1 is 0.912 bits per heavy atom. The summed E-state index contributed by atoms with van der Waals surface area (Å²) in [7, 11) is 0. The monoisotopic (exact) mass is 475 g/mol.